The summed E-state index contributed by atoms with van der Waals surface area (Å²) in [7, 11) is 5.01. The Morgan fingerprint density at radius 3 is 2.29 bits per heavy atom. The maximum atomic E-state index is 12.4. The first-order chi connectivity index (χ1) is 11.5. The summed E-state index contributed by atoms with van der Waals surface area (Å²) in [5, 5.41) is 0.676. The summed E-state index contributed by atoms with van der Waals surface area (Å²) in [6, 6.07) is 13.2. The Balaban J connectivity index is 1.96. The number of hydrogen-bond acceptors (Lipinski definition) is 3. The van der Waals surface area contributed by atoms with Crippen molar-refractivity contribution in [2.75, 3.05) is 21.3 Å². The van der Waals surface area contributed by atoms with Gasteiger partial charge >= 0.3 is 0 Å². The molecular weight excluding hydrogens is 326 g/mol. The molecule has 24 heavy (non-hydrogen) atoms. The molecule has 5 heteroatoms. The first kappa shape index (κ1) is 18.1. The van der Waals surface area contributed by atoms with Crippen LogP contribution in [-0.4, -0.2) is 32.1 Å². The van der Waals surface area contributed by atoms with Crippen molar-refractivity contribution in [1.29, 1.82) is 0 Å². The van der Waals surface area contributed by atoms with Gasteiger partial charge in [0.05, 0.1) is 14.2 Å². The summed E-state index contributed by atoms with van der Waals surface area (Å²) < 4.78 is 10.5. The molecule has 0 radical (unpaired) electrons. The first-order valence-electron chi connectivity index (χ1n) is 7.72. The van der Waals surface area contributed by atoms with Crippen LogP contribution < -0.4 is 9.47 Å². The Bertz CT molecular complexity index is 681. The van der Waals surface area contributed by atoms with Crippen LogP contribution in [0.5, 0.6) is 11.5 Å². The Morgan fingerprint density at radius 2 is 1.71 bits per heavy atom. The number of methoxy groups -OCH3 is 2. The summed E-state index contributed by atoms with van der Waals surface area (Å²) in [6.45, 7) is 0.500. The summed E-state index contributed by atoms with van der Waals surface area (Å²) in [5.74, 6) is 1.51. The second kappa shape index (κ2) is 8.60. The van der Waals surface area contributed by atoms with E-state index in [9.17, 15) is 4.79 Å². The van der Waals surface area contributed by atoms with E-state index in [1.54, 1.807) is 26.2 Å². The van der Waals surface area contributed by atoms with Crippen LogP contribution in [0.4, 0.5) is 0 Å². The van der Waals surface area contributed by atoms with Crippen LogP contribution in [0.2, 0.25) is 5.02 Å². The second-order valence-electron chi connectivity index (χ2n) is 5.56. The lowest BCUT2D eigenvalue weighted by Crippen LogP contribution is -2.26. The molecule has 0 unspecified atom stereocenters. The van der Waals surface area contributed by atoms with Crippen LogP contribution in [0.15, 0.2) is 42.5 Å². The molecule has 4 nitrogen and oxygen atoms in total. The maximum absolute atomic E-state index is 12.4. The van der Waals surface area contributed by atoms with E-state index < -0.39 is 0 Å². The molecule has 0 aliphatic heterocycles. The van der Waals surface area contributed by atoms with Crippen molar-refractivity contribution in [1.82, 2.24) is 4.90 Å². The van der Waals surface area contributed by atoms with Gasteiger partial charge in [0.15, 0.2) is 0 Å². The molecule has 0 saturated carbocycles. The van der Waals surface area contributed by atoms with Gasteiger partial charge in [0, 0.05) is 31.1 Å². The highest BCUT2D eigenvalue weighted by atomic mass is 35.5. The summed E-state index contributed by atoms with van der Waals surface area (Å²) in [6.07, 6.45) is 1.04. The molecule has 0 bridgehead atoms. The van der Waals surface area contributed by atoms with Crippen molar-refractivity contribution < 1.29 is 14.3 Å². The highest BCUT2D eigenvalue weighted by Crippen LogP contribution is 2.23. The summed E-state index contributed by atoms with van der Waals surface area (Å²) >= 11 is 6.15. The fraction of sp³-hybridized carbons (Fsp3) is 0.316. The molecule has 0 spiro atoms. The number of hydrogen-bond donors (Lipinski definition) is 0. The quantitative estimate of drug-likeness (QED) is 0.761. The van der Waals surface area contributed by atoms with E-state index in [-0.39, 0.29) is 5.91 Å². The molecule has 2 aromatic carbocycles. The molecule has 2 rings (SSSR count). The zero-order valence-corrected chi connectivity index (χ0v) is 15.0. The smallest absolute Gasteiger partial charge is 0.222 e. The molecule has 0 heterocycles. The lowest BCUT2D eigenvalue weighted by atomic mass is 10.1. The monoisotopic (exact) mass is 347 g/mol. The van der Waals surface area contributed by atoms with E-state index in [4.69, 9.17) is 21.1 Å². The van der Waals surface area contributed by atoms with Crippen LogP contribution >= 0.6 is 11.6 Å². The van der Waals surface area contributed by atoms with Gasteiger partial charge in [-0.1, -0.05) is 29.8 Å². The predicted octanol–water partition coefficient (Wildman–Crippen LogP) is 3.95. The van der Waals surface area contributed by atoms with Gasteiger partial charge in [-0.15, -0.1) is 0 Å². The third kappa shape index (κ3) is 4.90. The molecule has 0 saturated heterocycles. The highest BCUT2D eigenvalue weighted by Gasteiger charge is 2.12. The Kier molecular flexibility index (Phi) is 6.50. The lowest BCUT2D eigenvalue weighted by molar-refractivity contribution is -0.130. The van der Waals surface area contributed by atoms with E-state index in [1.807, 2.05) is 42.5 Å². The van der Waals surface area contributed by atoms with Crippen molar-refractivity contribution in [2.45, 2.75) is 19.4 Å². The van der Waals surface area contributed by atoms with Crippen molar-refractivity contribution in [3.05, 3.63) is 58.6 Å². The SMILES string of the molecule is COc1cc(CCC(=O)N(C)Cc2ccccc2Cl)cc(OC)c1. The third-order valence-corrected chi connectivity index (χ3v) is 4.20. The molecule has 0 aliphatic rings. The van der Waals surface area contributed by atoms with E-state index in [2.05, 4.69) is 0 Å². The molecule has 0 N–H and O–H groups in total. The zero-order valence-electron chi connectivity index (χ0n) is 14.2. The van der Waals surface area contributed by atoms with Gasteiger partial charge in [-0.3, -0.25) is 4.79 Å². The largest absolute Gasteiger partial charge is 0.497 e. The molecular formula is C19H22ClNO3. The number of benzene rings is 2. The maximum Gasteiger partial charge on any atom is 0.222 e. The number of halogens is 1. The van der Waals surface area contributed by atoms with E-state index in [1.165, 1.54) is 0 Å². The van der Waals surface area contributed by atoms with Gasteiger partial charge < -0.3 is 14.4 Å². The number of carbonyl (C=O) groups is 1. The highest BCUT2D eigenvalue weighted by molar-refractivity contribution is 6.31. The van der Waals surface area contributed by atoms with Gasteiger partial charge in [0.2, 0.25) is 5.91 Å². The number of carbonyl (C=O) groups excluding carboxylic acids is 1. The van der Waals surface area contributed by atoms with Crippen molar-refractivity contribution >= 4 is 17.5 Å². The van der Waals surface area contributed by atoms with Crippen molar-refractivity contribution in [3.63, 3.8) is 0 Å². The van der Waals surface area contributed by atoms with Gasteiger partial charge in [-0.05, 0) is 35.7 Å². The van der Waals surface area contributed by atoms with E-state index in [0.717, 1.165) is 22.6 Å². The van der Waals surface area contributed by atoms with E-state index in [0.29, 0.717) is 24.4 Å². The number of amides is 1. The molecule has 128 valence electrons. The van der Waals surface area contributed by atoms with Crippen LogP contribution in [0, 0.1) is 0 Å². The minimum absolute atomic E-state index is 0.0664. The normalized spacial score (nSPS) is 10.3. The number of aryl methyl sites for hydroxylation is 1. The van der Waals surface area contributed by atoms with Crippen LogP contribution in [0.1, 0.15) is 17.5 Å². The molecule has 0 atom stereocenters. The Hall–Kier alpha value is -2.20. The first-order valence-corrected chi connectivity index (χ1v) is 8.10. The zero-order chi connectivity index (χ0) is 17.5. The van der Waals surface area contributed by atoms with Crippen molar-refractivity contribution in [2.24, 2.45) is 0 Å². The summed E-state index contributed by atoms with van der Waals surface area (Å²) in [5.41, 5.74) is 1.95. The molecule has 0 aromatic heterocycles. The standard InChI is InChI=1S/C19H22ClNO3/c1-21(13-15-6-4-5-7-18(15)20)19(22)9-8-14-10-16(23-2)12-17(11-14)24-3/h4-7,10-12H,8-9,13H2,1-3H3. The second-order valence-corrected chi connectivity index (χ2v) is 5.97. The number of rotatable bonds is 7. The third-order valence-electron chi connectivity index (χ3n) is 3.83. The number of nitrogens with zero attached hydrogens (tertiary/aromatic N) is 1. The van der Waals surface area contributed by atoms with Crippen LogP contribution in [0.3, 0.4) is 0 Å². The van der Waals surface area contributed by atoms with Gasteiger partial charge in [-0.25, -0.2) is 0 Å². The van der Waals surface area contributed by atoms with Gasteiger partial charge in [0.1, 0.15) is 11.5 Å². The fourth-order valence-corrected chi connectivity index (χ4v) is 2.62. The van der Waals surface area contributed by atoms with Crippen LogP contribution in [0.25, 0.3) is 0 Å². The molecule has 0 aliphatic carbocycles. The fourth-order valence-electron chi connectivity index (χ4n) is 2.42. The van der Waals surface area contributed by atoms with Gasteiger partial charge in [-0.2, -0.15) is 0 Å². The predicted molar refractivity (Wildman–Crippen MR) is 95.8 cm³/mol. The topological polar surface area (TPSA) is 38.8 Å². The average molecular weight is 348 g/mol. The molecule has 0 fully saturated rings. The summed E-state index contributed by atoms with van der Waals surface area (Å²) in [4.78, 5) is 14.1. The minimum Gasteiger partial charge on any atom is -0.497 e. The van der Waals surface area contributed by atoms with E-state index >= 15 is 0 Å². The van der Waals surface area contributed by atoms with Crippen molar-refractivity contribution in [3.8, 4) is 11.5 Å². The Labute approximate surface area is 147 Å². The Morgan fingerprint density at radius 1 is 1.08 bits per heavy atom. The average Bonchev–Trinajstić information content (AvgIpc) is 2.61. The number of ether oxygens (including phenoxy) is 2. The lowest BCUT2D eigenvalue weighted by Gasteiger charge is -2.18. The van der Waals surface area contributed by atoms with Gasteiger partial charge in [0.25, 0.3) is 0 Å². The minimum atomic E-state index is 0.0664. The van der Waals surface area contributed by atoms with Crippen LogP contribution in [-0.2, 0) is 17.8 Å². The molecule has 1 amide bonds. The molecule has 2 aromatic rings.